The number of nitrogens with two attached hydrogens (primary N) is 2. The van der Waals surface area contributed by atoms with Gasteiger partial charge in [0.05, 0.1) is 32.2 Å². The highest BCUT2D eigenvalue weighted by Crippen LogP contribution is 2.31. The first-order chi connectivity index (χ1) is 16.4. The summed E-state index contributed by atoms with van der Waals surface area (Å²) in [7, 11) is 3.04. The fourth-order valence-corrected chi connectivity index (χ4v) is 4.00. The molecule has 0 aliphatic carbocycles. The van der Waals surface area contributed by atoms with E-state index in [-0.39, 0.29) is 36.0 Å². The number of aromatic nitrogens is 1. The number of rotatable bonds is 11. The fourth-order valence-electron chi connectivity index (χ4n) is 3.24. The summed E-state index contributed by atoms with van der Waals surface area (Å²) in [6.07, 6.45) is 1.46. The lowest BCUT2D eigenvalue weighted by atomic mass is 10.0. The molecule has 1 atom stereocenters. The number of carbonyl (C=O) groups excluding carboxylic acids is 3. The van der Waals surface area contributed by atoms with Crippen molar-refractivity contribution < 1.29 is 28.3 Å². The molecule has 180 valence electrons. The van der Waals surface area contributed by atoms with Crippen LogP contribution in [-0.2, 0) is 16.1 Å². The third kappa shape index (κ3) is 5.53. The summed E-state index contributed by atoms with van der Waals surface area (Å²) in [5.41, 5.74) is 11.5. The van der Waals surface area contributed by atoms with Crippen LogP contribution >= 0.6 is 11.5 Å². The molecule has 1 unspecified atom stereocenters. The molecule has 3 amide bonds. The number of hydrogen-bond acceptors (Lipinski definition) is 9. The number of anilines is 1. The van der Waals surface area contributed by atoms with Gasteiger partial charge in [0.15, 0.2) is 5.69 Å². The number of nitrogen functional groups attached to an aromatic ring is 1. The predicted octanol–water partition coefficient (Wildman–Crippen LogP) is 1.57. The Balaban J connectivity index is 2.07. The van der Waals surface area contributed by atoms with Gasteiger partial charge in [-0.05, 0) is 41.4 Å². The second kappa shape index (κ2) is 11.3. The van der Waals surface area contributed by atoms with Crippen molar-refractivity contribution in [3.63, 3.8) is 0 Å². The number of nitrogens with zero attached hydrogens (tertiary/aromatic N) is 2. The summed E-state index contributed by atoms with van der Waals surface area (Å²) < 4.78 is 19.6. The first kappa shape index (κ1) is 24.7. The van der Waals surface area contributed by atoms with Crippen molar-refractivity contribution in [1.29, 1.82) is 0 Å². The number of primary amides is 1. The number of nitrogens with one attached hydrogen (secondary N) is 1. The lowest BCUT2D eigenvalue weighted by Crippen LogP contribution is -2.44. The van der Waals surface area contributed by atoms with E-state index < -0.39 is 23.8 Å². The largest absolute Gasteiger partial charge is 0.497 e. The average Bonchev–Trinajstić information content (AvgIpc) is 3.48. The maximum absolute atomic E-state index is 13.7. The molecule has 2 aromatic heterocycles. The first-order valence-corrected chi connectivity index (χ1v) is 10.9. The molecule has 0 saturated carbocycles. The van der Waals surface area contributed by atoms with Crippen LogP contribution < -0.4 is 21.5 Å². The number of furan rings is 1. The zero-order valence-electron chi connectivity index (χ0n) is 18.6. The third-order valence-corrected chi connectivity index (χ3v) is 5.77. The van der Waals surface area contributed by atoms with Crippen LogP contribution in [0.25, 0.3) is 0 Å². The van der Waals surface area contributed by atoms with Gasteiger partial charge < -0.3 is 35.6 Å². The van der Waals surface area contributed by atoms with Gasteiger partial charge in [-0.25, -0.2) is 0 Å². The second-order valence-corrected chi connectivity index (χ2v) is 7.88. The van der Waals surface area contributed by atoms with E-state index in [0.717, 1.165) is 11.5 Å². The van der Waals surface area contributed by atoms with E-state index in [2.05, 4.69) is 9.69 Å². The maximum Gasteiger partial charge on any atom is 0.270 e. The van der Waals surface area contributed by atoms with E-state index in [9.17, 15) is 14.4 Å². The van der Waals surface area contributed by atoms with Gasteiger partial charge in [0.2, 0.25) is 5.91 Å². The molecule has 11 nitrogen and oxygen atoms in total. The van der Waals surface area contributed by atoms with Crippen LogP contribution in [0, 0.1) is 0 Å². The summed E-state index contributed by atoms with van der Waals surface area (Å²) in [6.45, 7) is 0.472. The second-order valence-electron chi connectivity index (χ2n) is 7.11. The van der Waals surface area contributed by atoms with Crippen molar-refractivity contribution in [2.75, 3.05) is 33.1 Å². The minimum Gasteiger partial charge on any atom is -0.497 e. The quantitative estimate of drug-likeness (QED) is 0.343. The topological polar surface area (TPSA) is 163 Å². The summed E-state index contributed by atoms with van der Waals surface area (Å²) >= 11 is 0.736. The van der Waals surface area contributed by atoms with Crippen LogP contribution in [0.3, 0.4) is 0 Å². The Hall–Kier alpha value is -3.90. The van der Waals surface area contributed by atoms with E-state index in [4.69, 9.17) is 25.4 Å². The van der Waals surface area contributed by atoms with E-state index in [0.29, 0.717) is 17.1 Å². The predicted molar refractivity (Wildman–Crippen MR) is 124 cm³/mol. The number of carbonyl (C=O) groups is 3. The van der Waals surface area contributed by atoms with Crippen LogP contribution in [0.4, 0.5) is 5.69 Å². The maximum atomic E-state index is 13.7. The van der Waals surface area contributed by atoms with Gasteiger partial charge in [0.1, 0.15) is 22.4 Å². The summed E-state index contributed by atoms with van der Waals surface area (Å²) in [5.74, 6) is -0.880. The standard InChI is InChI=1S/C22H25N5O6S/c1-31-11-9-25-21(29)18(13-5-7-14(32-2)8-6-13)27(12-15-4-3-10-33-15)22(30)19-16(23)17(20(24)28)26-34-19/h3-8,10,18H,9,11-12,23H2,1-2H3,(H2,24,28)(H,25,29). The van der Waals surface area contributed by atoms with Crippen LogP contribution in [0.2, 0.25) is 0 Å². The monoisotopic (exact) mass is 487 g/mol. The molecular formula is C22H25N5O6S. The molecule has 12 heteroatoms. The molecule has 5 N–H and O–H groups in total. The van der Waals surface area contributed by atoms with E-state index >= 15 is 0 Å². The SMILES string of the molecule is COCCNC(=O)C(c1ccc(OC)cc1)N(Cc1ccco1)C(=O)c1snc(C(N)=O)c1N. The number of benzene rings is 1. The average molecular weight is 488 g/mol. The molecule has 0 spiro atoms. The summed E-state index contributed by atoms with van der Waals surface area (Å²) in [5, 5.41) is 2.78. The molecule has 0 aliphatic rings. The zero-order chi connectivity index (χ0) is 24.7. The molecule has 3 aromatic rings. The van der Waals surface area contributed by atoms with Gasteiger partial charge in [0.25, 0.3) is 11.8 Å². The molecule has 0 radical (unpaired) electrons. The molecule has 34 heavy (non-hydrogen) atoms. The number of amides is 3. The summed E-state index contributed by atoms with van der Waals surface area (Å²) in [4.78, 5) is 39.9. The van der Waals surface area contributed by atoms with Crippen LogP contribution in [0.1, 0.15) is 37.5 Å². The highest BCUT2D eigenvalue weighted by Gasteiger charge is 2.35. The smallest absolute Gasteiger partial charge is 0.270 e. The highest BCUT2D eigenvalue weighted by molar-refractivity contribution is 7.09. The van der Waals surface area contributed by atoms with E-state index in [1.54, 1.807) is 36.4 Å². The molecule has 0 aliphatic heterocycles. The van der Waals surface area contributed by atoms with Crippen molar-refractivity contribution in [1.82, 2.24) is 14.6 Å². The Morgan fingerprint density at radius 1 is 1.21 bits per heavy atom. The van der Waals surface area contributed by atoms with Crippen LogP contribution in [-0.4, -0.2) is 54.4 Å². The van der Waals surface area contributed by atoms with Crippen molar-refractivity contribution in [2.45, 2.75) is 12.6 Å². The molecule has 0 saturated heterocycles. The lowest BCUT2D eigenvalue weighted by molar-refractivity contribution is -0.126. The molecule has 0 fully saturated rings. The third-order valence-electron chi connectivity index (χ3n) is 4.92. The molecule has 3 rings (SSSR count). The zero-order valence-corrected chi connectivity index (χ0v) is 19.5. The van der Waals surface area contributed by atoms with Gasteiger partial charge >= 0.3 is 0 Å². The first-order valence-electron chi connectivity index (χ1n) is 10.2. The Morgan fingerprint density at radius 3 is 2.50 bits per heavy atom. The van der Waals surface area contributed by atoms with Crippen molar-refractivity contribution in [3.8, 4) is 5.75 Å². The van der Waals surface area contributed by atoms with Crippen molar-refractivity contribution in [3.05, 3.63) is 64.6 Å². The Morgan fingerprint density at radius 2 is 1.94 bits per heavy atom. The normalized spacial score (nSPS) is 11.6. The van der Waals surface area contributed by atoms with Crippen molar-refractivity contribution >= 4 is 34.9 Å². The molecule has 0 bridgehead atoms. The highest BCUT2D eigenvalue weighted by atomic mass is 32.1. The van der Waals surface area contributed by atoms with Crippen LogP contribution in [0.5, 0.6) is 5.75 Å². The fraction of sp³-hybridized carbons (Fsp3) is 0.273. The minimum absolute atomic E-state index is 0.0106. The van der Waals surface area contributed by atoms with E-state index in [1.807, 2.05) is 0 Å². The van der Waals surface area contributed by atoms with Gasteiger partial charge in [-0.15, -0.1) is 0 Å². The molecule has 1 aromatic carbocycles. The van der Waals surface area contributed by atoms with Gasteiger partial charge in [-0.1, -0.05) is 12.1 Å². The molecule has 2 heterocycles. The van der Waals surface area contributed by atoms with E-state index in [1.165, 1.54) is 25.4 Å². The number of methoxy groups -OCH3 is 2. The van der Waals surface area contributed by atoms with Crippen LogP contribution in [0.15, 0.2) is 47.1 Å². The lowest BCUT2D eigenvalue weighted by Gasteiger charge is -2.30. The Kier molecular flexibility index (Phi) is 8.22. The van der Waals surface area contributed by atoms with Gasteiger partial charge in [-0.3, -0.25) is 14.4 Å². The van der Waals surface area contributed by atoms with Gasteiger partial charge in [-0.2, -0.15) is 4.37 Å². The van der Waals surface area contributed by atoms with Gasteiger partial charge in [0, 0.05) is 13.7 Å². The summed E-state index contributed by atoms with van der Waals surface area (Å²) in [6, 6.07) is 9.03. The molecular weight excluding hydrogens is 462 g/mol. The minimum atomic E-state index is -1.07. The number of hydrogen-bond donors (Lipinski definition) is 3. The Bertz CT molecular complexity index is 1130. The van der Waals surface area contributed by atoms with Crippen molar-refractivity contribution in [2.24, 2.45) is 5.73 Å². The number of ether oxygens (including phenoxy) is 2. The Labute approximate surface area is 199 Å².